The molecule has 4 heteroatoms. The summed E-state index contributed by atoms with van der Waals surface area (Å²) in [6.45, 7) is 2.48. The van der Waals surface area contributed by atoms with Crippen molar-refractivity contribution in [1.82, 2.24) is 0 Å². The molecule has 3 aromatic carbocycles. The first-order valence-electron chi connectivity index (χ1n) is 9.16. The lowest BCUT2D eigenvalue weighted by atomic mass is 10.0. The summed E-state index contributed by atoms with van der Waals surface area (Å²) in [5.74, 6) is 0.609. The number of benzene rings is 3. The van der Waals surface area contributed by atoms with Gasteiger partial charge in [-0.3, -0.25) is 4.79 Å². The van der Waals surface area contributed by atoms with E-state index in [9.17, 15) is 4.79 Å². The maximum Gasteiger partial charge on any atom is 0.196 e. The molecule has 0 unspecified atom stereocenters. The molecule has 0 N–H and O–H groups in total. The molecule has 1 aromatic heterocycles. The SMILES string of the molecule is CCc1ccc(C(=O)c2coc3ccc(OCc4cccc(Cl)c4)cc23)cc1. The molecule has 4 aromatic rings. The van der Waals surface area contributed by atoms with Crippen LogP contribution in [-0.4, -0.2) is 5.78 Å². The average molecular weight is 391 g/mol. The zero-order valence-corrected chi connectivity index (χ0v) is 16.2. The highest BCUT2D eigenvalue weighted by molar-refractivity contribution is 6.30. The number of rotatable bonds is 6. The molecule has 0 bridgehead atoms. The Kier molecular flexibility index (Phi) is 5.18. The van der Waals surface area contributed by atoms with Crippen LogP contribution in [0.25, 0.3) is 11.0 Å². The molecule has 0 aliphatic heterocycles. The molecule has 0 saturated heterocycles. The molecule has 0 fully saturated rings. The van der Waals surface area contributed by atoms with Gasteiger partial charge in [0.2, 0.25) is 0 Å². The van der Waals surface area contributed by atoms with Crippen LogP contribution in [0.4, 0.5) is 0 Å². The number of halogens is 1. The number of carbonyl (C=O) groups is 1. The Hall–Kier alpha value is -3.04. The summed E-state index contributed by atoms with van der Waals surface area (Å²) in [7, 11) is 0. The van der Waals surface area contributed by atoms with Gasteiger partial charge in [0.1, 0.15) is 24.2 Å². The van der Waals surface area contributed by atoms with Crippen molar-refractivity contribution in [2.45, 2.75) is 20.0 Å². The van der Waals surface area contributed by atoms with Crippen molar-refractivity contribution in [2.75, 3.05) is 0 Å². The maximum atomic E-state index is 12.9. The third-order valence-electron chi connectivity index (χ3n) is 4.71. The molecule has 0 amide bonds. The number of ketones is 1. The molecule has 0 saturated carbocycles. The summed E-state index contributed by atoms with van der Waals surface area (Å²) in [5, 5.41) is 1.42. The summed E-state index contributed by atoms with van der Waals surface area (Å²) in [6, 6.07) is 20.7. The van der Waals surface area contributed by atoms with E-state index >= 15 is 0 Å². The van der Waals surface area contributed by atoms with E-state index in [1.54, 1.807) is 0 Å². The van der Waals surface area contributed by atoms with Crippen LogP contribution in [0.3, 0.4) is 0 Å². The first kappa shape index (κ1) is 18.3. The van der Waals surface area contributed by atoms with Gasteiger partial charge in [0.25, 0.3) is 0 Å². The summed E-state index contributed by atoms with van der Waals surface area (Å²) in [4.78, 5) is 12.9. The van der Waals surface area contributed by atoms with Crippen LogP contribution in [-0.2, 0) is 13.0 Å². The van der Waals surface area contributed by atoms with Gasteiger partial charge in [-0.05, 0) is 47.9 Å². The Labute approximate surface area is 168 Å². The fourth-order valence-corrected chi connectivity index (χ4v) is 3.33. The predicted octanol–water partition coefficient (Wildman–Crippen LogP) is 6.46. The van der Waals surface area contributed by atoms with Crippen LogP contribution in [0.15, 0.2) is 77.4 Å². The highest BCUT2D eigenvalue weighted by atomic mass is 35.5. The van der Waals surface area contributed by atoms with Crippen LogP contribution < -0.4 is 4.74 Å². The van der Waals surface area contributed by atoms with Crippen molar-refractivity contribution >= 4 is 28.4 Å². The Bertz CT molecular complexity index is 1130. The number of ether oxygens (including phenoxy) is 1. The van der Waals surface area contributed by atoms with Gasteiger partial charge in [-0.2, -0.15) is 0 Å². The number of carbonyl (C=O) groups excluding carboxylic acids is 1. The van der Waals surface area contributed by atoms with Gasteiger partial charge in [0, 0.05) is 16.0 Å². The normalized spacial score (nSPS) is 10.9. The fraction of sp³-hybridized carbons (Fsp3) is 0.125. The zero-order valence-electron chi connectivity index (χ0n) is 15.4. The third kappa shape index (κ3) is 3.80. The second-order valence-corrected chi connectivity index (χ2v) is 7.04. The van der Waals surface area contributed by atoms with E-state index in [0.717, 1.165) is 17.4 Å². The molecular weight excluding hydrogens is 372 g/mol. The van der Waals surface area contributed by atoms with Crippen LogP contribution in [0.2, 0.25) is 5.02 Å². The lowest BCUT2D eigenvalue weighted by Crippen LogP contribution is -2.00. The van der Waals surface area contributed by atoms with Gasteiger partial charge < -0.3 is 9.15 Å². The summed E-state index contributed by atoms with van der Waals surface area (Å²) in [6.07, 6.45) is 2.46. The van der Waals surface area contributed by atoms with E-state index in [4.69, 9.17) is 20.8 Å². The smallest absolute Gasteiger partial charge is 0.196 e. The molecule has 3 nitrogen and oxygen atoms in total. The number of hydrogen-bond acceptors (Lipinski definition) is 3. The zero-order chi connectivity index (χ0) is 19.5. The lowest BCUT2D eigenvalue weighted by Gasteiger charge is -2.07. The molecule has 1 heterocycles. The fourth-order valence-electron chi connectivity index (χ4n) is 3.11. The summed E-state index contributed by atoms with van der Waals surface area (Å²) in [5.41, 5.74) is 4.01. The molecule has 0 radical (unpaired) electrons. The highest BCUT2D eigenvalue weighted by Crippen LogP contribution is 2.28. The van der Waals surface area contributed by atoms with Crippen LogP contribution in [0.1, 0.15) is 34.0 Å². The van der Waals surface area contributed by atoms with Crippen molar-refractivity contribution < 1.29 is 13.9 Å². The minimum absolute atomic E-state index is 0.0617. The van der Waals surface area contributed by atoms with Crippen molar-refractivity contribution in [1.29, 1.82) is 0 Å². The molecule has 0 spiro atoms. The van der Waals surface area contributed by atoms with Crippen LogP contribution in [0.5, 0.6) is 5.75 Å². The van der Waals surface area contributed by atoms with Gasteiger partial charge in [-0.15, -0.1) is 0 Å². The van der Waals surface area contributed by atoms with Gasteiger partial charge in [0.05, 0.1) is 5.56 Å². The molecule has 4 rings (SSSR count). The molecule has 0 aliphatic carbocycles. The third-order valence-corrected chi connectivity index (χ3v) is 4.94. The largest absolute Gasteiger partial charge is 0.489 e. The molecular formula is C24H19ClO3. The van der Waals surface area contributed by atoms with Crippen molar-refractivity contribution in [3.63, 3.8) is 0 Å². The summed E-state index contributed by atoms with van der Waals surface area (Å²) >= 11 is 6.02. The second kappa shape index (κ2) is 7.91. The Balaban J connectivity index is 1.59. The Morgan fingerprint density at radius 3 is 2.57 bits per heavy atom. The first-order valence-corrected chi connectivity index (χ1v) is 9.54. The van der Waals surface area contributed by atoms with E-state index in [2.05, 4.69) is 6.92 Å². The Morgan fingerprint density at radius 1 is 1.00 bits per heavy atom. The number of furan rings is 1. The quantitative estimate of drug-likeness (QED) is 0.355. The average Bonchev–Trinajstić information content (AvgIpc) is 3.15. The minimum Gasteiger partial charge on any atom is -0.489 e. The lowest BCUT2D eigenvalue weighted by molar-refractivity contribution is 0.103. The van der Waals surface area contributed by atoms with E-state index in [-0.39, 0.29) is 5.78 Å². The van der Waals surface area contributed by atoms with E-state index in [0.29, 0.717) is 34.1 Å². The monoisotopic (exact) mass is 390 g/mol. The molecule has 0 atom stereocenters. The number of fused-ring (bicyclic) bond motifs is 1. The van der Waals surface area contributed by atoms with Crippen molar-refractivity contribution in [3.8, 4) is 5.75 Å². The predicted molar refractivity (Wildman–Crippen MR) is 111 cm³/mol. The molecule has 28 heavy (non-hydrogen) atoms. The highest BCUT2D eigenvalue weighted by Gasteiger charge is 2.16. The van der Waals surface area contributed by atoms with Crippen LogP contribution in [0, 0.1) is 0 Å². The van der Waals surface area contributed by atoms with Gasteiger partial charge in [0.15, 0.2) is 5.78 Å². The number of hydrogen-bond donors (Lipinski definition) is 0. The van der Waals surface area contributed by atoms with Crippen molar-refractivity contribution in [3.05, 3.63) is 100 Å². The first-order chi connectivity index (χ1) is 13.6. The van der Waals surface area contributed by atoms with Gasteiger partial charge in [-0.1, -0.05) is 54.9 Å². The van der Waals surface area contributed by atoms with E-state index in [1.165, 1.54) is 11.8 Å². The topological polar surface area (TPSA) is 39.4 Å². The second-order valence-electron chi connectivity index (χ2n) is 6.61. The van der Waals surface area contributed by atoms with Crippen molar-refractivity contribution in [2.24, 2.45) is 0 Å². The van der Waals surface area contributed by atoms with E-state index < -0.39 is 0 Å². The van der Waals surface area contributed by atoms with Gasteiger partial charge >= 0.3 is 0 Å². The summed E-state index contributed by atoms with van der Waals surface area (Å²) < 4.78 is 11.5. The number of aryl methyl sites for hydroxylation is 1. The standard InChI is InChI=1S/C24H19ClO3/c1-2-16-6-8-18(9-7-16)24(26)22-15-28-23-11-10-20(13-21(22)23)27-14-17-4-3-5-19(25)12-17/h3-13,15H,2,14H2,1H3. The van der Waals surface area contributed by atoms with Crippen LogP contribution >= 0.6 is 11.6 Å². The van der Waals surface area contributed by atoms with E-state index in [1.807, 2.05) is 66.7 Å². The molecule has 140 valence electrons. The minimum atomic E-state index is -0.0617. The van der Waals surface area contributed by atoms with Gasteiger partial charge in [-0.25, -0.2) is 0 Å². The maximum absolute atomic E-state index is 12.9. The molecule has 0 aliphatic rings. The Morgan fingerprint density at radius 2 is 1.82 bits per heavy atom.